The van der Waals surface area contributed by atoms with Crippen molar-refractivity contribution >= 4 is 11.8 Å². The Morgan fingerprint density at radius 3 is 2.74 bits per heavy atom. The van der Waals surface area contributed by atoms with E-state index in [1.54, 1.807) is 30.2 Å². The Morgan fingerprint density at radius 2 is 2.04 bits per heavy atom. The predicted molar refractivity (Wildman–Crippen MR) is 86.2 cm³/mol. The third-order valence-electron chi connectivity index (χ3n) is 4.27. The number of ether oxygens (including phenoxy) is 1. The number of amides is 2. The quantitative estimate of drug-likeness (QED) is 0.943. The van der Waals surface area contributed by atoms with Crippen LogP contribution in [0, 0.1) is 0 Å². The molecule has 2 N–H and O–H groups in total. The lowest BCUT2D eigenvalue weighted by Crippen LogP contribution is -2.27. The molecule has 2 amide bonds. The van der Waals surface area contributed by atoms with Gasteiger partial charge in [0.15, 0.2) is 0 Å². The molecule has 1 aliphatic heterocycles. The van der Waals surface area contributed by atoms with E-state index in [1.165, 1.54) is 0 Å². The van der Waals surface area contributed by atoms with Gasteiger partial charge < -0.3 is 15.4 Å². The first-order valence-corrected chi connectivity index (χ1v) is 7.39. The molecule has 0 saturated carbocycles. The molecule has 2 aromatic carbocycles. The summed E-state index contributed by atoms with van der Waals surface area (Å²) in [6, 6.07) is 12.6. The largest absolute Gasteiger partial charge is 0.497 e. The standard InChI is InChI=1S/C18H18N2O3/c1-11(12-4-3-5-15(9-12)23-2)20-10-14-8-13(17(19)21)6-7-16(14)18(20)22/h3-9,11H,10H2,1-2H3,(H2,19,21)/t11-/m0/s1. The first-order chi connectivity index (χ1) is 11.0. The van der Waals surface area contributed by atoms with Crippen LogP contribution in [0.4, 0.5) is 0 Å². The highest BCUT2D eigenvalue weighted by Gasteiger charge is 2.31. The van der Waals surface area contributed by atoms with Gasteiger partial charge in [-0.25, -0.2) is 0 Å². The lowest BCUT2D eigenvalue weighted by atomic mass is 10.1. The molecular weight excluding hydrogens is 292 g/mol. The molecule has 0 spiro atoms. The number of nitrogens with zero attached hydrogens (tertiary/aromatic N) is 1. The second-order valence-corrected chi connectivity index (χ2v) is 5.62. The summed E-state index contributed by atoms with van der Waals surface area (Å²) in [5, 5.41) is 0. The van der Waals surface area contributed by atoms with E-state index in [2.05, 4.69) is 0 Å². The van der Waals surface area contributed by atoms with Crippen LogP contribution in [0.25, 0.3) is 0 Å². The van der Waals surface area contributed by atoms with Crippen molar-refractivity contribution in [2.45, 2.75) is 19.5 Å². The fourth-order valence-corrected chi connectivity index (χ4v) is 2.89. The summed E-state index contributed by atoms with van der Waals surface area (Å²) in [4.78, 5) is 25.7. The molecule has 0 radical (unpaired) electrons. The monoisotopic (exact) mass is 310 g/mol. The second kappa shape index (κ2) is 5.76. The van der Waals surface area contributed by atoms with Crippen LogP contribution in [0.3, 0.4) is 0 Å². The van der Waals surface area contributed by atoms with Gasteiger partial charge >= 0.3 is 0 Å². The molecule has 1 heterocycles. The van der Waals surface area contributed by atoms with E-state index in [0.29, 0.717) is 17.7 Å². The Morgan fingerprint density at radius 1 is 1.26 bits per heavy atom. The van der Waals surface area contributed by atoms with Crippen molar-refractivity contribution in [1.29, 1.82) is 0 Å². The van der Waals surface area contributed by atoms with Gasteiger partial charge in [-0.05, 0) is 48.4 Å². The van der Waals surface area contributed by atoms with Gasteiger partial charge in [0.1, 0.15) is 5.75 Å². The molecule has 2 aromatic rings. The average Bonchev–Trinajstić information content (AvgIpc) is 2.90. The van der Waals surface area contributed by atoms with Crippen LogP contribution in [0.15, 0.2) is 42.5 Å². The third-order valence-corrected chi connectivity index (χ3v) is 4.27. The van der Waals surface area contributed by atoms with Gasteiger partial charge in [0.25, 0.3) is 5.91 Å². The highest BCUT2D eigenvalue weighted by atomic mass is 16.5. The molecule has 0 saturated heterocycles. The molecule has 0 unspecified atom stereocenters. The zero-order valence-electron chi connectivity index (χ0n) is 13.1. The number of rotatable bonds is 4. The topological polar surface area (TPSA) is 72.6 Å². The van der Waals surface area contributed by atoms with Crippen molar-refractivity contribution in [3.05, 3.63) is 64.7 Å². The number of carbonyl (C=O) groups is 2. The molecule has 3 rings (SSSR count). The van der Waals surface area contributed by atoms with Crippen LogP contribution in [-0.4, -0.2) is 23.8 Å². The van der Waals surface area contributed by atoms with Crippen molar-refractivity contribution in [2.75, 3.05) is 7.11 Å². The van der Waals surface area contributed by atoms with Crippen LogP contribution in [0.2, 0.25) is 0 Å². The van der Waals surface area contributed by atoms with E-state index in [9.17, 15) is 9.59 Å². The van der Waals surface area contributed by atoms with E-state index in [1.807, 2.05) is 31.2 Å². The van der Waals surface area contributed by atoms with Crippen molar-refractivity contribution in [1.82, 2.24) is 4.90 Å². The maximum absolute atomic E-state index is 12.6. The first kappa shape index (κ1) is 15.1. The molecule has 0 bridgehead atoms. The van der Waals surface area contributed by atoms with Crippen LogP contribution >= 0.6 is 0 Å². The lowest BCUT2D eigenvalue weighted by molar-refractivity contribution is 0.0715. The van der Waals surface area contributed by atoms with Gasteiger partial charge in [-0.3, -0.25) is 9.59 Å². The van der Waals surface area contributed by atoms with Gasteiger partial charge in [0, 0.05) is 17.7 Å². The molecule has 1 atom stereocenters. The van der Waals surface area contributed by atoms with Gasteiger partial charge in [-0.15, -0.1) is 0 Å². The zero-order chi connectivity index (χ0) is 16.6. The fourth-order valence-electron chi connectivity index (χ4n) is 2.89. The number of nitrogens with two attached hydrogens (primary N) is 1. The summed E-state index contributed by atoms with van der Waals surface area (Å²) in [5.74, 6) is 0.236. The Labute approximate surface area is 134 Å². The number of fused-ring (bicyclic) bond motifs is 1. The molecule has 5 nitrogen and oxygen atoms in total. The second-order valence-electron chi connectivity index (χ2n) is 5.62. The summed E-state index contributed by atoms with van der Waals surface area (Å²) in [5.41, 5.74) is 8.20. The number of primary amides is 1. The fraction of sp³-hybridized carbons (Fsp3) is 0.222. The van der Waals surface area contributed by atoms with E-state index in [4.69, 9.17) is 10.5 Å². The Bertz CT molecular complexity index is 786. The molecule has 0 aromatic heterocycles. The molecule has 0 fully saturated rings. The molecule has 5 heteroatoms. The maximum Gasteiger partial charge on any atom is 0.255 e. The molecule has 1 aliphatic rings. The minimum absolute atomic E-state index is 0.0358. The highest BCUT2D eigenvalue weighted by molar-refractivity contribution is 6.00. The Kier molecular flexibility index (Phi) is 3.78. The van der Waals surface area contributed by atoms with Crippen molar-refractivity contribution in [2.24, 2.45) is 5.73 Å². The average molecular weight is 310 g/mol. The van der Waals surface area contributed by atoms with Crippen molar-refractivity contribution in [3.8, 4) is 5.75 Å². The van der Waals surface area contributed by atoms with Crippen LogP contribution in [0.1, 0.15) is 44.8 Å². The predicted octanol–water partition coefficient (Wildman–Crippen LogP) is 2.51. The maximum atomic E-state index is 12.6. The van der Waals surface area contributed by atoms with Gasteiger partial charge in [0.2, 0.25) is 5.91 Å². The Hall–Kier alpha value is -2.82. The minimum atomic E-state index is -0.487. The molecule has 118 valence electrons. The lowest BCUT2D eigenvalue weighted by Gasteiger charge is -2.25. The normalized spacial score (nSPS) is 14.5. The SMILES string of the molecule is COc1cccc([C@H](C)N2Cc3cc(C(N)=O)ccc3C2=O)c1. The van der Waals surface area contributed by atoms with E-state index in [-0.39, 0.29) is 11.9 Å². The van der Waals surface area contributed by atoms with Gasteiger partial charge in [-0.2, -0.15) is 0 Å². The highest BCUT2D eigenvalue weighted by Crippen LogP contribution is 2.32. The van der Waals surface area contributed by atoms with E-state index < -0.39 is 5.91 Å². The number of hydrogen-bond donors (Lipinski definition) is 1. The van der Waals surface area contributed by atoms with Crippen molar-refractivity contribution < 1.29 is 14.3 Å². The summed E-state index contributed by atoms with van der Waals surface area (Å²) >= 11 is 0. The number of carbonyl (C=O) groups excluding carboxylic acids is 2. The van der Waals surface area contributed by atoms with Crippen LogP contribution in [-0.2, 0) is 6.54 Å². The van der Waals surface area contributed by atoms with Crippen LogP contribution in [0.5, 0.6) is 5.75 Å². The zero-order valence-corrected chi connectivity index (χ0v) is 13.1. The molecular formula is C18H18N2O3. The summed E-state index contributed by atoms with van der Waals surface area (Å²) in [7, 11) is 1.62. The number of hydrogen-bond acceptors (Lipinski definition) is 3. The van der Waals surface area contributed by atoms with E-state index >= 15 is 0 Å². The van der Waals surface area contributed by atoms with Crippen LogP contribution < -0.4 is 10.5 Å². The molecule has 0 aliphatic carbocycles. The summed E-state index contributed by atoms with van der Waals surface area (Å²) in [6.45, 7) is 2.45. The van der Waals surface area contributed by atoms with Gasteiger partial charge in [-0.1, -0.05) is 12.1 Å². The van der Waals surface area contributed by atoms with Crippen molar-refractivity contribution in [3.63, 3.8) is 0 Å². The summed E-state index contributed by atoms with van der Waals surface area (Å²) < 4.78 is 5.24. The first-order valence-electron chi connectivity index (χ1n) is 7.39. The summed E-state index contributed by atoms with van der Waals surface area (Å²) in [6.07, 6.45) is 0. The third kappa shape index (κ3) is 2.65. The van der Waals surface area contributed by atoms with E-state index in [0.717, 1.165) is 16.9 Å². The Balaban J connectivity index is 1.90. The number of benzene rings is 2. The minimum Gasteiger partial charge on any atom is -0.497 e. The number of methoxy groups -OCH3 is 1. The smallest absolute Gasteiger partial charge is 0.255 e. The van der Waals surface area contributed by atoms with Gasteiger partial charge in [0.05, 0.1) is 13.2 Å². The molecule has 23 heavy (non-hydrogen) atoms.